The van der Waals surface area contributed by atoms with Crippen molar-refractivity contribution in [2.75, 3.05) is 6.54 Å². The molecular formula is C20H21N5O3. The van der Waals surface area contributed by atoms with Crippen LogP contribution >= 0.6 is 0 Å². The molecule has 1 unspecified atom stereocenters. The maximum Gasteiger partial charge on any atom is 0.325 e. The van der Waals surface area contributed by atoms with Gasteiger partial charge >= 0.3 is 6.03 Å². The first-order chi connectivity index (χ1) is 13.5. The van der Waals surface area contributed by atoms with Crippen LogP contribution in [0, 0.1) is 11.3 Å². The van der Waals surface area contributed by atoms with Crippen molar-refractivity contribution in [3.05, 3.63) is 36.0 Å². The van der Waals surface area contributed by atoms with Crippen LogP contribution in [-0.2, 0) is 16.0 Å². The number of amides is 4. The summed E-state index contributed by atoms with van der Waals surface area (Å²) in [6.07, 6.45) is 5.12. The Hall–Kier alpha value is -3.34. The lowest BCUT2D eigenvalue weighted by Gasteiger charge is -2.23. The van der Waals surface area contributed by atoms with Crippen molar-refractivity contribution in [3.8, 4) is 6.07 Å². The zero-order valence-electron chi connectivity index (χ0n) is 15.3. The predicted molar refractivity (Wildman–Crippen MR) is 101 cm³/mol. The minimum absolute atomic E-state index is 0.342. The zero-order chi connectivity index (χ0) is 19.7. The van der Waals surface area contributed by atoms with E-state index in [1.807, 2.05) is 30.5 Å². The Morgan fingerprint density at radius 3 is 2.79 bits per heavy atom. The normalized spacial score (nSPS) is 21.0. The van der Waals surface area contributed by atoms with Gasteiger partial charge in [0.1, 0.15) is 18.1 Å². The number of carbonyl (C=O) groups excluding carboxylic acids is 3. The van der Waals surface area contributed by atoms with Gasteiger partial charge in [0, 0.05) is 23.5 Å². The molecule has 1 saturated heterocycles. The van der Waals surface area contributed by atoms with Crippen LogP contribution < -0.4 is 10.6 Å². The maximum absolute atomic E-state index is 12.7. The molecule has 1 aliphatic carbocycles. The molecule has 8 nitrogen and oxygen atoms in total. The molecule has 2 heterocycles. The van der Waals surface area contributed by atoms with E-state index in [1.165, 1.54) is 0 Å². The zero-order valence-corrected chi connectivity index (χ0v) is 15.3. The van der Waals surface area contributed by atoms with Gasteiger partial charge in [0.05, 0.1) is 6.07 Å². The summed E-state index contributed by atoms with van der Waals surface area (Å²) in [5.74, 6) is -0.914. The summed E-state index contributed by atoms with van der Waals surface area (Å²) >= 11 is 0. The summed E-state index contributed by atoms with van der Waals surface area (Å²) in [6.45, 7) is -0.377. The Morgan fingerprint density at radius 2 is 2.04 bits per heavy atom. The van der Waals surface area contributed by atoms with E-state index < -0.39 is 29.4 Å². The number of hydrogen-bond donors (Lipinski definition) is 3. The second-order valence-corrected chi connectivity index (χ2v) is 7.44. The summed E-state index contributed by atoms with van der Waals surface area (Å²) < 4.78 is 0. The molecule has 4 amide bonds. The minimum atomic E-state index is -0.875. The average Bonchev–Trinajstić information content (AvgIpc) is 3.38. The van der Waals surface area contributed by atoms with Crippen LogP contribution in [0.2, 0.25) is 0 Å². The summed E-state index contributed by atoms with van der Waals surface area (Å²) in [7, 11) is 0. The molecule has 0 spiro atoms. The van der Waals surface area contributed by atoms with Gasteiger partial charge in [-0.2, -0.15) is 5.26 Å². The van der Waals surface area contributed by atoms with E-state index in [-0.39, 0.29) is 6.54 Å². The number of nitrogens with one attached hydrogen (secondary N) is 3. The summed E-state index contributed by atoms with van der Waals surface area (Å²) in [4.78, 5) is 41.4. The number of para-hydroxylation sites is 1. The van der Waals surface area contributed by atoms with Crippen molar-refractivity contribution in [2.45, 2.75) is 43.7 Å². The first kappa shape index (κ1) is 18.0. The number of aromatic amines is 1. The highest BCUT2D eigenvalue weighted by Crippen LogP contribution is 2.29. The average molecular weight is 379 g/mol. The first-order valence-electron chi connectivity index (χ1n) is 9.40. The fourth-order valence-corrected chi connectivity index (χ4v) is 4.08. The fourth-order valence-electron chi connectivity index (χ4n) is 4.08. The first-order valence-corrected chi connectivity index (χ1v) is 9.40. The maximum atomic E-state index is 12.7. The number of imide groups is 1. The van der Waals surface area contributed by atoms with Crippen molar-refractivity contribution in [2.24, 2.45) is 0 Å². The fraction of sp³-hybridized carbons (Fsp3) is 0.400. The van der Waals surface area contributed by atoms with Crippen LogP contribution in [0.4, 0.5) is 4.79 Å². The molecule has 1 aromatic carbocycles. The molecule has 0 bridgehead atoms. The van der Waals surface area contributed by atoms with Gasteiger partial charge in [-0.1, -0.05) is 18.2 Å². The van der Waals surface area contributed by atoms with E-state index in [1.54, 1.807) is 0 Å². The van der Waals surface area contributed by atoms with Gasteiger partial charge in [0.2, 0.25) is 5.91 Å². The molecular weight excluding hydrogens is 358 g/mol. The molecule has 144 valence electrons. The van der Waals surface area contributed by atoms with Crippen LogP contribution in [0.25, 0.3) is 10.9 Å². The van der Waals surface area contributed by atoms with Gasteiger partial charge in [0.25, 0.3) is 5.91 Å². The van der Waals surface area contributed by atoms with Gasteiger partial charge in [-0.15, -0.1) is 0 Å². The number of urea groups is 1. The third-order valence-electron chi connectivity index (χ3n) is 5.56. The summed E-state index contributed by atoms with van der Waals surface area (Å²) in [6, 6.07) is 8.61. The van der Waals surface area contributed by atoms with Crippen molar-refractivity contribution in [1.29, 1.82) is 5.26 Å². The highest BCUT2D eigenvalue weighted by atomic mass is 16.2. The van der Waals surface area contributed by atoms with Gasteiger partial charge < -0.3 is 15.6 Å². The number of H-pyrrole nitrogens is 1. The SMILES string of the molecule is N#CC1(NC(=O)CN2C(=O)NC(Cc3c[nH]c4ccccc34)C2=O)CCCC1. The lowest BCUT2D eigenvalue weighted by molar-refractivity contribution is -0.132. The lowest BCUT2D eigenvalue weighted by atomic mass is 10.00. The van der Waals surface area contributed by atoms with Crippen LogP contribution in [-0.4, -0.2) is 45.9 Å². The molecule has 8 heteroatoms. The van der Waals surface area contributed by atoms with E-state index in [4.69, 9.17) is 0 Å². The largest absolute Gasteiger partial charge is 0.361 e. The summed E-state index contributed by atoms with van der Waals surface area (Å²) in [5, 5.41) is 15.7. The molecule has 1 saturated carbocycles. The van der Waals surface area contributed by atoms with E-state index in [0.29, 0.717) is 19.3 Å². The molecule has 2 aliphatic rings. The van der Waals surface area contributed by atoms with Crippen LogP contribution in [0.1, 0.15) is 31.2 Å². The van der Waals surface area contributed by atoms with Gasteiger partial charge in [0.15, 0.2) is 0 Å². The number of hydrogen-bond acceptors (Lipinski definition) is 4. The van der Waals surface area contributed by atoms with Crippen molar-refractivity contribution in [3.63, 3.8) is 0 Å². The predicted octanol–water partition coefficient (Wildman–Crippen LogP) is 1.58. The molecule has 28 heavy (non-hydrogen) atoms. The van der Waals surface area contributed by atoms with Crippen LogP contribution in [0.3, 0.4) is 0 Å². The third-order valence-corrected chi connectivity index (χ3v) is 5.56. The smallest absolute Gasteiger partial charge is 0.325 e. The quantitative estimate of drug-likeness (QED) is 0.684. The van der Waals surface area contributed by atoms with Gasteiger partial charge in [-0.3, -0.25) is 14.5 Å². The second kappa shape index (κ2) is 7.00. The van der Waals surface area contributed by atoms with Gasteiger partial charge in [-0.05, 0) is 37.3 Å². The standard InChI is InChI=1S/C20H21N5O3/c21-12-20(7-3-4-8-20)24-17(26)11-25-18(27)16(23-19(25)28)9-13-10-22-15-6-2-1-5-14(13)15/h1-2,5-6,10,16,22H,3-4,7-9,11H2,(H,23,28)(H,24,26). The number of aromatic nitrogens is 1. The number of rotatable bonds is 5. The third kappa shape index (κ3) is 3.20. The Morgan fingerprint density at radius 1 is 1.29 bits per heavy atom. The highest BCUT2D eigenvalue weighted by Gasteiger charge is 2.41. The summed E-state index contributed by atoms with van der Waals surface area (Å²) in [5.41, 5.74) is 1.01. The van der Waals surface area contributed by atoms with E-state index in [9.17, 15) is 19.6 Å². The molecule has 0 radical (unpaired) electrons. The van der Waals surface area contributed by atoms with Gasteiger partial charge in [-0.25, -0.2) is 4.79 Å². The number of nitrogens with zero attached hydrogens (tertiary/aromatic N) is 2. The molecule has 1 aliphatic heterocycles. The number of fused-ring (bicyclic) bond motifs is 1. The number of carbonyl (C=O) groups is 3. The van der Waals surface area contributed by atoms with Crippen molar-refractivity contribution >= 4 is 28.7 Å². The van der Waals surface area contributed by atoms with Crippen molar-refractivity contribution in [1.82, 2.24) is 20.5 Å². The Bertz CT molecular complexity index is 983. The van der Waals surface area contributed by atoms with Crippen LogP contribution in [0.5, 0.6) is 0 Å². The number of benzene rings is 1. The monoisotopic (exact) mass is 379 g/mol. The number of nitriles is 1. The van der Waals surface area contributed by atoms with Crippen LogP contribution in [0.15, 0.2) is 30.5 Å². The Balaban J connectivity index is 1.42. The van der Waals surface area contributed by atoms with Crippen molar-refractivity contribution < 1.29 is 14.4 Å². The molecule has 4 rings (SSSR count). The van der Waals surface area contributed by atoms with E-state index in [2.05, 4.69) is 21.7 Å². The molecule has 3 N–H and O–H groups in total. The molecule has 1 atom stereocenters. The highest BCUT2D eigenvalue weighted by molar-refractivity contribution is 6.06. The second-order valence-electron chi connectivity index (χ2n) is 7.44. The Labute approximate surface area is 161 Å². The topological polar surface area (TPSA) is 118 Å². The lowest BCUT2D eigenvalue weighted by Crippen LogP contribution is -2.50. The molecule has 2 fully saturated rings. The minimum Gasteiger partial charge on any atom is -0.361 e. The molecule has 2 aromatic rings. The van der Waals surface area contributed by atoms with E-state index in [0.717, 1.165) is 34.2 Å². The molecule has 1 aromatic heterocycles. The Kier molecular flexibility index (Phi) is 4.51. The van der Waals surface area contributed by atoms with E-state index >= 15 is 0 Å².